The van der Waals surface area contributed by atoms with Crippen molar-refractivity contribution in [2.45, 2.75) is 12.8 Å². The molecule has 18 heavy (non-hydrogen) atoms. The van der Waals surface area contributed by atoms with E-state index in [0.717, 1.165) is 12.0 Å². The maximum Gasteiger partial charge on any atom is 0.317 e. The normalized spacial score (nSPS) is 9.83. The standard InChI is InChI=1S/C13H18N2O3/c1-15(10-8-12(16)17)13(18)14-9-7-11-5-3-2-4-6-11/h2-6H,7-10H2,1H3,(H,14,18)(H,16,17). The molecule has 0 aromatic heterocycles. The van der Waals surface area contributed by atoms with Crippen molar-refractivity contribution in [3.63, 3.8) is 0 Å². The Morgan fingerprint density at radius 3 is 2.56 bits per heavy atom. The summed E-state index contributed by atoms with van der Waals surface area (Å²) in [6, 6.07) is 9.61. The van der Waals surface area contributed by atoms with Gasteiger partial charge < -0.3 is 15.3 Å². The zero-order valence-corrected chi connectivity index (χ0v) is 10.4. The van der Waals surface area contributed by atoms with Crippen LogP contribution in [0.2, 0.25) is 0 Å². The fourth-order valence-electron chi connectivity index (χ4n) is 1.46. The molecule has 0 saturated heterocycles. The van der Waals surface area contributed by atoms with Crippen LogP contribution in [0.5, 0.6) is 0 Å². The van der Waals surface area contributed by atoms with Crippen LogP contribution < -0.4 is 5.32 Å². The largest absolute Gasteiger partial charge is 0.481 e. The molecule has 0 unspecified atom stereocenters. The van der Waals surface area contributed by atoms with E-state index in [1.165, 1.54) is 4.90 Å². The number of amides is 2. The van der Waals surface area contributed by atoms with Gasteiger partial charge in [-0.15, -0.1) is 0 Å². The highest BCUT2D eigenvalue weighted by atomic mass is 16.4. The molecule has 0 atom stereocenters. The minimum atomic E-state index is -0.904. The molecule has 0 aliphatic carbocycles. The van der Waals surface area contributed by atoms with Crippen molar-refractivity contribution in [3.8, 4) is 0 Å². The molecule has 1 aromatic rings. The number of nitrogens with zero attached hydrogens (tertiary/aromatic N) is 1. The summed E-state index contributed by atoms with van der Waals surface area (Å²) in [7, 11) is 1.58. The highest BCUT2D eigenvalue weighted by Crippen LogP contribution is 1.98. The van der Waals surface area contributed by atoms with Gasteiger partial charge in [0, 0.05) is 20.1 Å². The number of hydrogen-bond donors (Lipinski definition) is 2. The molecular weight excluding hydrogens is 232 g/mol. The highest BCUT2D eigenvalue weighted by Gasteiger charge is 2.08. The van der Waals surface area contributed by atoms with E-state index in [1.54, 1.807) is 7.05 Å². The van der Waals surface area contributed by atoms with Crippen molar-refractivity contribution in [3.05, 3.63) is 35.9 Å². The number of nitrogens with one attached hydrogen (secondary N) is 1. The number of carboxylic acids is 1. The molecule has 0 spiro atoms. The van der Waals surface area contributed by atoms with Gasteiger partial charge in [-0.3, -0.25) is 4.79 Å². The lowest BCUT2D eigenvalue weighted by atomic mass is 10.1. The molecule has 2 N–H and O–H groups in total. The van der Waals surface area contributed by atoms with Gasteiger partial charge in [0.05, 0.1) is 6.42 Å². The second-order valence-electron chi connectivity index (χ2n) is 4.03. The second-order valence-corrected chi connectivity index (χ2v) is 4.03. The van der Waals surface area contributed by atoms with Crippen LogP contribution in [0.3, 0.4) is 0 Å². The molecule has 0 radical (unpaired) electrons. The molecule has 0 aliphatic rings. The molecule has 0 fully saturated rings. The fraction of sp³-hybridized carbons (Fsp3) is 0.385. The van der Waals surface area contributed by atoms with E-state index in [0.29, 0.717) is 6.54 Å². The molecule has 0 aliphatic heterocycles. The van der Waals surface area contributed by atoms with Crippen molar-refractivity contribution in [1.29, 1.82) is 0 Å². The van der Waals surface area contributed by atoms with Gasteiger partial charge in [0.2, 0.25) is 0 Å². The molecule has 98 valence electrons. The number of urea groups is 1. The van der Waals surface area contributed by atoms with Crippen molar-refractivity contribution in [1.82, 2.24) is 10.2 Å². The molecule has 5 heteroatoms. The number of aliphatic carboxylic acids is 1. The SMILES string of the molecule is CN(CCC(=O)O)C(=O)NCCc1ccccc1. The third-order valence-electron chi connectivity index (χ3n) is 2.54. The van der Waals surface area contributed by atoms with Gasteiger partial charge in [0.25, 0.3) is 0 Å². The minimum Gasteiger partial charge on any atom is -0.481 e. The Balaban J connectivity index is 2.22. The third-order valence-corrected chi connectivity index (χ3v) is 2.54. The van der Waals surface area contributed by atoms with Crippen LogP contribution >= 0.6 is 0 Å². The van der Waals surface area contributed by atoms with Crippen LogP contribution in [0.15, 0.2) is 30.3 Å². The Hall–Kier alpha value is -2.04. The summed E-state index contributed by atoms with van der Waals surface area (Å²) in [6.07, 6.45) is 0.724. The molecule has 1 rings (SSSR count). The summed E-state index contributed by atoms with van der Waals surface area (Å²) >= 11 is 0. The van der Waals surface area contributed by atoms with Crippen molar-refractivity contribution < 1.29 is 14.7 Å². The van der Waals surface area contributed by atoms with E-state index >= 15 is 0 Å². The topological polar surface area (TPSA) is 69.6 Å². The van der Waals surface area contributed by atoms with Crippen molar-refractivity contribution >= 4 is 12.0 Å². The smallest absolute Gasteiger partial charge is 0.317 e. The van der Waals surface area contributed by atoms with Crippen LogP contribution in [0.1, 0.15) is 12.0 Å². The predicted octanol–water partition coefficient (Wildman–Crippen LogP) is 1.35. The third kappa shape index (κ3) is 5.34. The first-order valence-electron chi connectivity index (χ1n) is 5.84. The Bertz CT molecular complexity index is 392. The Morgan fingerprint density at radius 1 is 1.28 bits per heavy atom. The van der Waals surface area contributed by atoms with E-state index in [-0.39, 0.29) is 19.0 Å². The number of carbonyl (C=O) groups excluding carboxylic acids is 1. The summed E-state index contributed by atoms with van der Waals surface area (Å²) < 4.78 is 0. The Labute approximate surface area is 106 Å². The number of benzene rings is 1. The molecule has 0 bridgehead atoms. The summed E-state index contributed by atoms with van der Waals surface area (Å²) in [5.41, 5.74) is 1.16. The first-order valence-corrected chi connectivity index (χ1v) is 5.84. The van der Waals surface area contributed by atoms with Crippen LogP contribution in [0.4, 0.5) is 4.79 Å². The first kappa shape index (κ1) is 14.0. The van der Waals surface area contributed by atoms with Gasteiger partial charge in [-0.1, -0.05) is 30.3 Å². The molecular formula is C13H18N2O3. The maximum atomic E-state index is 11.6. The van der Waals surface area contributed by atoms with Crippen LogP contribution in [0, 0.1) is 0 Å². The quantitative estimate of drug-likeness (QED) is 0.800. The second kappa shape index (κ2) is 7.32. The van der Waals surface area contributed by atoms with Crippen molar-refractivity contribution in [2.24, 2.45) is 0 Å². The lowest BCUT2D eigenvalue weighted by molar-refractivity contribution is -0.137. The molecule has 2 amide bonds. The highest BCUT2D eigenvalue weighted by molar-refractivity contribution is 5.74. The average molecular weight is 250 g/mol. The average Bonchev–Trinajstić information content (AvgIpc) is 2.37. The lowest BCUT2D eigenvalue weighted by Crippen LogP contribution is -2.39. The molecule has 1 aromatic carbocycles. The lowest BCUT2D eigenvalue weighted by Gasteiger charge is -2.16. The van der Waals surface area contributed by atoms with E-state index < -0.39 is 5.97 Å². The number of rotatable bonds is 6. The summed E-state index contributed by atoms with van der Waals surface area (Å²) in [5, 5.41) is 11.3. The van der Waals surface area contributed by atoms with Gasteiger partial charge in [0.1, 0.15) is 0 Å². The van der Waals surface area contributed by atoms with Gasteiger partial charge >= 0.3 is 12.0 Å². The maximum absolute atomic E-state index is 11.6. The Morgan fingerprint density at radius 2 is 1.94 bits per heavy atom. The van der Waals surface area contributed by atoms with Crippen LogP contribution in [-0.4, -0.2) is 42.1 Å². The van der Waals surface area contributed by atoms with Crippen LogP contribution in [-0.2, 0) is 11.2 Å². The Kier molecular flexibility index (Phi) is 5.70. The molecule has 5 nitrogen and oxygen atoms in total. The number of carbonyl (C=O) groups is 2. The monoisotopic (exact) mass is 250 g/mol. The van der Waals surface area contributed by atoms with Crippen LogP contribution in [0.25, 0.3) is 0 Å². The summed E-state index contributed by atoms with van der Waals surface area (Å²) in [5.74, 6) is -0.904. The predicted molar refractivity (Wildman–Crippen MR) is 68.4 cm³/mol. The molecule has 0 saturated carbocycles. The summed E-state index contributed by atoms with van der Waals surface area (Å²) in [4.78, 5) is 23.3. The fourth-order valence-corrected chi connectivity index (χ4v) is 1.46. The van der Waals surface area contributed by atoms with E-state index in [4.69, 9.17) is 5.11 Å². The summed E-state index contributed by atoms with van der Waals surface area (Å²) in [6.45, 7) is 0.757. The number of carboxylic acid groups (broad SMARTS) is 1. The zero-order chi connectivity index (χ0) is 13.4. The zero-order valence-electron chi connectivity index (χ0n) is 10.4. The minimum absolute atomic E-state index is 0.0391. The van der Waals surface area contributed by atoms with Gasteiger partial charge in [-0.25, -0.2) is 4.79 Å². The number of hydrogen-bond acceptors (Lipinski definition) is 2. The van der Waals surface area contributed by atoms with E-state index in [2.05, 4.69) is 5.32 Å². The van der Waals surface area contributed by atoms with E-state index in [9.17, 15) is 9.59 Å². The van der Waals surface area contributed by atoms with Gasteiger partial charge in [0.15, 0.2) is 0 Å². The first-order chi connectivity index (χ1) is 8.59. The molecule has 0 heterocycles. The van der Waals surface area contributed by atoms with Gasteiger partial charge in [-0.2, -0.15) is 0 Å². The van der Waals surface area contributed by atoms with Crippen molar-refractivity contribution in [2.75, 3.05) is 20.1 Å². The van der Waals surface area contributed by atoms with Gasteiger partial charge in [-0.05, 0) is 12.0 Å². The van der Waals surface area contributed by atoms with E-state index in [1.807, 2.05) is 30.3 Å².